The molecule has 25 heavy (non-hydrogen) atoms. The number of rotatable bonds is 5. The van der Waals surface area contributed by atoms with Crippen LogP contribution in [0.5, 0.6) is 0 Å². The summed E-state index contributed by atoms with van der Waals surface area (Å²) < 4.78 is 77.6. The molecule has 0 saturated carbocycles. The minimum Gasteiger partial charge on any atom is -0.396 e. The van der Waals surface area contributed by atoms with Gasteiger partial charge in [0.25, 0.3) is 30.4 Å². The molecule has 0 spiro atoms. The molecule has 158 valence electrons. The van der Waals surface area contributed by atoms with Crippen molar-refractivity contribution < 1.29 is 54.2 Å². The molecule has 0 saturated heterocycles. The highest BCUT2D eigenvalue weighted by Crippen LogP contribution is 2.21. The molecule has 0 aromatic heterocycles. The second kappa shape index (κ2) is 14.7. The standard InChI is InChI=1S/C7H16O3.3CH4O3S/c1-2-3-7(4-8,5-9)6-10;3*1-5(2,3)4/h8-10H,2-6H2,1H3;3*1H3,(H,2,3,4). The van der Waals surface area contributed by atoms with E-state index >= 15 is 0 Å². The fourth-order valence-corrected chi connectivity index (χ4v) is 0.918. The molecule has 0 radical (unpaired) electrons. The maximum Gasteiger partial charge on any atom is 0.261 e. The zero-order valence-electron chi connectivity index (χ0n) is 14.4. The third kappa shape index (κ3) is 69.3. The van der Waals surface area contributed by atoms with E-state index in [9.17, 15) is 25.3 Å². The summed E-state index contributed by atoms with van der Waals surface area (Å²) in [5.41, 5.74) is -0.658. The first-order valence-electron chi connectivity index (χ1n) is 6.34. The summed E-state index contributed by atoms with van der Waals surface area (Å²) in [7, 11) is -11.0. The van der Waals surface area contributed by atoms with E-state index < -0.39 is 35.8 Å². The van der Waals surface area contributed by atoms with Gasteiger partial charge >= 0.3 is 0 Å². The lowest BCUT2D eigenvalue weighted by Crippen LogP contribution is -2.33. The Labute approximate surface area is 148 Å². The maximum atomic E-state index is 9.19. The molecular formula is C10H28O12S3. The Balaban J connectivity index is -0.000000126. The lowest BCUT2D eigenvalue weighted by atomic mass is 9.86. The Morgan fingerprint density at radius 3 is 0.840 bits per heavy atom. The van der Waals surface area contributed by atoms with Crippen LogP contribution in [0, 0.1) is 5.41 Å². The summed E-state index contributed by atoms with van der Waals surface area (Å²) in [6, 6.07) is 0. The summed E-state index contributed by atoms with van der Waals surface area (Å²) in [5.74, 6) is 0. The predicted octanol–water partition coefficient (Wildman–Crippen LogP) is -1.74. The van der Waals surface area contributed by atoms with Crippen molar-refractivity contribution >= 4 is 30.4 Å². The summed E-state index contributed by atoms with van der Waals surface area (Å²) in [5, 5.41) is 26.4. The molecule has 0 aliphatic heterocycles. The topological polar surface area (TPSA) is 224 Å². The van der Waals surface area contributed by atoms with E-state index in [0.29, 0.717) is 25.2 Å². The van der Waals surface area contributed by atoms with Gasteiger partial charge < -0.3 is 15.3 Å². The van der Waals surface area contributed by atoms with Crippen LogP contribution in [0.4, 0.5) is 0 Å². The van der Waals surface area contributed by atoms with Gasteiger partial charge in [0.1, 0.15) is 0 Å². The Kier molecular flexibility index (Phi) is 19.0. The van der Waals surface area contributed by atoms with Crippen LogP contribution in [0.3, 0.4) is 0 Å². The van der Waals surface area contributed by atoms with E-state index in [1.54, 1.807) is 0 Å². The van der Waals surface area contributed by atoms with Gasteiger partial charge in [-0.15, -0.1) is 0 Å². The molecule has 0 aromatic carbocycles. The first-order chi connectivity index (χ1) is 10.7. The van der Waals surface area contributed by atoms with Crippen LogP contribution in [0.15, 0.2) is 0 Å². The van der Waals surface area contributed by atoms with Crippen molar-refractivity contribution in [2.24, 2.45) is 5.41 Å². The smallest absolute Gasteiger partial charge is 0.261 e. The van der Waals surface area contributed by atoms with E-state index in [1.807, 2.05) is 6.92 Å². The molecule has 0 heterocycles. The second-order valence-electron chi connectivity index (χ2n) is 4.92. The van der Waals surface area contributed by atoms with Gasteiger partial charge in [-0.05, 0) is 6.42 Å². The summed E-state index contributed by atoms with van der Waals surface area (Å²) in [6.45, 7) is 1.52. The largest absolute Gasteiger partial charge is 0.396 e. The van der Waals surface area contributed by atoms with Gasteiger partial charge in [-0.1, -0.05) is 13.3 Å². The first kappa shape index (κ1) is 32.3. The Morgan fingerprint density at radius 1 is 0.640 bits per heavy atom. The SMILES string of the molecule is CCCC(CO)(CO)CO.CS(=O)(=O)O.CS(=O)(=O)O.CS(=O)(=O)O. The van der Waals surface area contributed by atoms with Gasteiger partial charge in [-0.3, -0.25) is 13.7 Å². The van der Waals surface area contributed by atoms with Crippen molar-refractivity contribution in [1.29, 1.82) is 0 Å². The molecule has 0 aliphatic carbocycles. The van der Waals surface area contributed by atoms with Crippen LogP contribution < -0.4 is 0 Å². The van der Waals surface area contributed by atoms with Crippen molar-refractivity contribution in [3.05, 3.63) is 0 Å². The van der Waals surface area contributed by atoms with Crippen molar-refractivity contribution in [3.8, 4) is 0 Å². The fraction of sp³-hybridized carbons (Fsp3) is 1.00. The highest BCUT2D eigenvalue weighted by molar-refractivity contribution is 7.85. The van der Waals surface area contributed by atoms with E-state index in [0.717, 1.165) is 6.42 Å². The average molecular weight is 437 g/mol. The van der Waals surface area contributed by atoms with Crippen LogP contribution in [-0.4, -0.2) is 92.8 Å². The van der Waals surface area contributed by atoms with Gasteiger partial charge in [0, 0.05) is 5.41 Å². The monoisotopic (exact) mass is 436 g/mol. The third-order valence-electron chi connectivity index (χ3n) is 1.79. The normalized spacial score (nSPS) is 11.8. The maximum absolute atomic E-state index is 9.19. The van der Waals surface area contributed by atoms with Gasteiger partial charge in [0.2, 0.25) is 0 Å². The van der Waals surface area contributed by atoms with Crippen molar-refractivity contribution in [2.75, 3.05) is 38.6 Å². The number of aliphatic hydroxyl groups is 3. The summed E-state index contributed by atoms with van der Waals surface area (Å²) in [6.07, 6.45) is 3.67. The summed E-state index contributed by atoms with van der Waals surface area (Å²) >= 11 is 0. The molecule has 0 amide bonds. The molecule has 0 aromatic rings. The molecular weight excluding hydrogens is 408 g/mol. The number of aliphatic hydroxyl groups excluding tert-OH is 3. The highest BCUT2D eigenvalue weighted by atomic mass is 32.2. The van der Waals surface area contributed by atoms with Crippen molar-refractivity contribution in [3.63, 3.8) is 0 Å². The van der Waals surface area contributed by atoms with Gasteiger partial charge in [-0.25, -0.2) is 0 Å². The van der Waals surface area contributed by atoms with Crippen LogP contribution >= 0.6 is 0 Å². The number of hydrogen-bond donors (Lipinski definition) is 6. The second-order valence-corrected chi connectivity index (χ2v) is 9.32. The van der Waals surface area contributed by atoms with E-state index in [1.165, 1.54) is 0 Å². The molecule has 0 rings (SSSR count). The predicted molar refractivity (Wildman–Crippen MR) is 91.0 cm³/mol. The van der Waals surface area contributed by atoms with E-state index in [2.05, 4.69) is 0 Å². The van der Waals surface area contributed by atoms with E-state index in [-0.39, 0.29) is 19.8 Å². The number of hydrogen-bond acceptors (Lipinski definition) is 9. The molecule has 0 unspecified atom stereocenters. The zero-order valence-corrected chi connectivity index (χ0v) is 16.8. The minimum absolute atomic E-state index is 0.145. The molecule has 15 heteroatoms. The molecule has 0 bridgehead atoms. The Hall–Kier alpha value is -0.390. The minimum atomic E-state index is -3.67. The van der Waals surface area contributed by atoms with Crippen LogP contribution in [0.25, 0.3) is 0 Å². The van der Waals surface area contributed by atoms with E-state index in [4.69, 9.17) is 29.0 Å². The van der Waals surface area contributed by atoms with Crippen molar-refractivity contribution in [2.45, 2.75) is 19.8 Å². The average Bonchev–Trinajstić information content (AvgIpc) is 2.30. The lowest BCUT2D eigenvalue weighted by molar-refractivity contribution is -0.00101. The molecule has 0 aliphatic rings. The molecule has 0 fully saturated rings. The van der Waals surface area contributed by atoms with Gasteiger partial charge in [0.15, 0.2) is 0 Å². The zero-order chi connectivity index (χ0) is 21.5. The van der Waals surface area contributed by atoms with Gasteiger partial charge in [-0.2, -0.15) is 25.3 Å². The van der Waals surface area contributed by atoms with Crippen LogP contribution in [-0.2, 0) is 30.4 Å². The van der Waals surface area contributed by atoms with Crippen LogP contribution in [0.2, 0.25) is 0 Å². The lowest BCUT2D eigenvalue weighted by Gasteiger charge is -2.26. The first-order valence-corrected chi connectivity index (χ1v) is 11.9. The van der Waals surface area contributed by atoms with Gasteiger partial charge in [0.05, 0.1) is 38.6 Å². The Morgan fingerprint density at radius 2 is 0.800 bits per heavy atom. The Bertz CT molecular complexity index is 498. The van der Waals surface area contributed by atoms with Crippen molar-refractivity contribution in [1.82, 2.24) is 0 Å². The molecule has 0 atom stereocenters. The highest BCUT2D eigenvalue weighted by Gasteiger charge is 2.26. The fourth-order valence-electron chi connectivity index (χ4n) is 0.918. The summed E-state index contributed by atoms with van der Waals surface area (Å²) in [4.78, 5) is 0. The molecule has 12 nitrogen and oxygen atoms in total. The molecule has 6 N–H and O–H groups in total. The quantitative estimate of drug-likeness (QED) is 0.264. The van der Waals surface area contributed by atoms with Crippen LogP contribution in [0.1, 0.15) is 19.8 Å². The third-order valence-corrected chi connectivity index (χ3v) is 1.79.